The van der Waals surface area contributed by atoms with Crippen LogP contribution in [0.15, 0.2) is 18.2 Å². The van der Waals surface area contributed by atoms with Crippen molar-refractivity contribution in [2.45, 2.75) is 83.3 Å². The number of hydrogen-bond acceptors (Lipinski definition) is 4. The molecule has 0 saturated heterocycles. The van der Waals surface area contributed by atoms with E-state index in [1.54, 1.807) is 6.07 Å². The van der Waals surface area contributed by atoms with Crippen molar-refractivity contribution in [2.24, 2.45) is 5.73 Å². The zero-order chi connectivity index (χ0) is 16.9. The first-order valence-corrected chi connectivity index (χ1v) is 9.19. The van der Waals surface area contributed by atoms with E-state index in [0.717, 1.165) is 18.5 Å². The van der Waals surface area contributed by atoms with Gasteiger partial charge in [0.1, 0.15) is 6.10 Å². The van der Waals surface area contributed by atoms with Crippen LogP contribution < -0.4 is 5.73 Å². The number of aliphatic hydroxyl groups excluding tert-OH is 2. The minimum Gasteiger partial charge on any atom is -0.395 e. The zero-order valence-electron chi connectivity index (χ0n) is 14.6. The third-order valence-electron chi connectivity index (χ3n) is 4.28. The predicted octanol–water partition coefficient (Wildman–Crippen LogP) is 3.51. The number of aromatic nitrogens is 1. The summed E-state index contributed by atoms with van der Waals surface area (Å²) in [4.78, 5) is 4.47. The first kappa shape index (κ1) is 20.1. The average molecular weight is 322 g/mol. The van der Waals surface area contributed by atoms with Crippen molar-refractivity contribution in [2.75, 3.05) is 6.61 Å². The molecule has 2 unspecified atom stereocenters. The van der Waals surface area contributed by atoms with Crippen LogP contribution in [0.3, 0.4) is 0 Å². The standard InChI is InChI=1S/C19H34N2O2/c1-2-3-4-5-6-7-8-9-10-12-16-13-11-14-18(21-16)19(23)17(20)15-22/h11,13-14,17,19,22-23H,2-10,12,15,20H2,1H3. The van der Waals surface area contributed by atoms with Crippen molar-refractivity contribution in [3.05, 3.63) is 29.6 Å². The summed E-state index contributed by atoms with van der Waals surface area (Å²) >= 11 is 0. The number of nitrogens with two attached hydrogens (primary N) is 1. The zero-order valence-corrected chi connectivity index (χ0v) is 14.6. The van der Waals surface area contributed by atoms with Gasteiger partial charge in [0.15, 0.2) is 0 Å². The van der Waals surface area contributed by atoms with E-state index < -0.39 is 12.1 Å². The Kier molecular flexibility index (Phi) is 10.9. The van der Waals surface area contributed by atoms with Crippen molar-refractivity contribution >= 4 is 0 Å². The molecule has 2 atom stereocenters. The van der Waals surface area contributed by atoms with Crippen LogP contribution in [0.4, 0.5) is 0 Å². The summed E-state index contributed by atoms with van der Waals surface area (Å²) in [7, 11) is 0. The number of nitrogens with zero attached hydrogens (tertiary/aromatic N) is 1. The summed E-state index contributed by atoms with van der Waals surface area (Å²) < 4.78 is 0. The molecule has 4 nitrogen and oxygen atoms in total. The van der Waals surface area contributed by atoms with E-state index in [0.29, 0.717) is 5.69 Å². The van der Waals surface area contributed by atoms with Crippen LogP contribution in [0.2, 0.25) is 0 Å². The van der Waals surface area contributed by atoms with Gasteiger partial charge in [-0.3, -0.25) is 4.98 Å². The van der Waals surface area contributed by atoms with Gasteiger partial charge in [-0.1, -0.05) is 64.4 Å². The van der Waals surface area contributed by atoms with Crippen LogP contribution >= 0.6 is 0 Å². The Morgan fingerprint density at radius 3 is 2.22 bits per heavy atom. The van der Waals surface area contributed by atoms with Crippen molar-refractivity contribution in [3.8, 4) is 0 Å². The van der Waals surface area contributed by atoms with Gasteiger partial charge in [0.05, 0.1) is 18.3 Å². The molecule has 0 amide bonds. The summed E-state index contributed by atoms with van der Waals surface area (Å²) in [6.07, 6.45) is 11.8. The van der Waals surface area contributed by atoms with Gasteiger partial charge in [-0.05, 0) is 25.0 Å². The van der Waals surface area contributed by atoms with Crippen molar-refractivity contribution in [1.29, 1.82) is 0 Å². The largest absolute Gasteiger partial charge is 0.395 e. The molecule has 1 heterocycles. The molecule has 0 bridgehead atoms. The molecular weight excluding hydrogens is 288 g/mol. The van der Waals surface area contributed by atoms with E-state index in [1.165, 1.54) is 51.4 Å². The van der Waals surface area contributed by atoms with E-state index in [9.17, 15) is 5.11 Å². The second-order valence-corrected chi connectivity index (χ2v) is 6.42. The van der Waals surface area contributed by atoms with Crippen LogP contribution in [-0.2, 0) is 6.42 Å². The molecule has 0 spiro atoms. The molecule has 0 aliphatic carbocycles. The quantitative estimate of drug-likeness (QED) is 0.486. The second-order valence-electron chi connectivity index (χ2n) is 6.42. The number of rotatable bonds is 13. The normalized spacial score (nSPS) is 13.9. The Labute approximate surface area is 141 Å². The monoisotopic (exact) mass is 322 g/mol. The minimum absolute atomic E-state index is 0.245. The summed E-state index contributed by atoms with van der Waals surface area (Å²) in [6.45, 7) is 2.00. The fourth-order valence-corrected chi connectivity index (χ4v) is 2.74. The van der Waals surface area contributed by atoms with E-state index in [-0.39, 0.29) is 6.61 Å². The molecule has 0 fully saturated rings. The fourth-order valence-electron chi connectivity index (χ4n) is 2.74. The summed E-state index contributed by atoms with van der Waals surface area (Å²) in [6, 6.07) is 4.98. The smallest absolute Gasteiger partial charge is 0.113 e. The fraction of sp³-hybridized carbons (Fsp3) is 0.737. The van der Waals surface area contributed by atoms with Gasteiger partial charge in [-0.25, -0.2) is 0 Å². The third kappa shape index (κ3) is 8.45. The Bertz CT molecular complexity index is 412. The molecule has 1 rings (SSSR count). The SMILES string of the molecule is CCCCCCCCCCCc1cccc(C(O)C(N)CO)n1. The van der Waals surface area contributed by atoms with Crippen molar-refractivity contribution in [1.82, 2.24) is 4.98 Å². The average Bonchev–Trinajstić information content (AvgIpc) is 2.59. The highest BCUT2D eigenvalue weighted by molar-refractivity contribution is 5.14. The van der Waals surface area contributed by atoms with E-state index in [2.05, 4.69) is 11.9 Å². The molecule has 0 saturated carbocycles. The maximum Gasteiger partial charge on any atom is 0.113 e. The summed E-state index contributed by atoms with van der Waals surface area (Å²) in [5.41, 5.74) is 7.21. The number of pyridine rings is 1. The van der Waals surface area contributed by atoms with Gasteiger partial charge < -0.3 is 15.9 Å². The number of aliphatic hydroxyl groups is 2. The van der Waals surface area contributed by atoms with Crippen molar-refractivity contribution in [3.63, 3.8) is 0 Å². The van der Waals surface area contributed by atoms with E-state index >= 15 is 0 Å². The van der Waals surface area contributed by atoms with Crippen LogP contribution in [0.25, 0.3) is 0 Å². The molecule has 4 heteroatoms. The van der Waals surface area contributed by atoms with Gasteiger partial charge in [-0.15, -0.1) is 0 Å². The molecule has 0 radical (unpaired) electrons. The van der Waals surface area contributed by atoms with Crippen LogP contribution in [0, 0.1) is 0 Å². The first-order valence-electron chi connectivity index (χ1n) is 9.19. The van der Waals surface area contributed by atoms with E-state index in [4.69, 9.17) is 10.8 Å². The lowest BCUT2D eigenvalue weighted by Crippen LogP contribution is -2.32. The Hall–Kier alpha value is -0.970. The van der Waals surface area contributed by atoms with Gasteiger partial charge in [-0.2, -0.15) is 0 Å². The Morgan fingerprint density at radius 1 is 1.00 bits per heavy atom. The minimum atomic E-state index is -0.900. The Balaban J connectivity index is 2.20. The maximum atomic E-state index is 10.00. The number of unbranched alkanes of at least 4 members (excludes halogenated alkanes) is 8. The highest BCUT2D eigenvalue weighted by Gasteiger charge is 2.17. The molecule has 0 aromatic carbocycles. The Morgan fingerprint density at radius 2 is 1.61 bits per heavy atom. The highest BCUT2D eigenvalue weighted by Crippen LogP contribution is 2.15. The lowest BCUT2D eigenvalue weighted by molar-refractivity contribution is 0.106. The van der Waals surface area contributed by atoms with Gasteiger partial charge in [0.2, 0.25) is 0 Å². The molecule has 23 heavy (non-hydrogen) atoms. The highest BCUT2D eigenvalue weighted by atomic mass is 16.3. The molecular formula is C19H34N2O2. The summed E-state index contributed by atoms with van der Waals surface area (Å²) in [5, 5.41) is 19.0. The van der Waals surface area contributed by atoms with E-state index in [1.807, 2.05) is 12.1 Å². The van der Waals surface area contributed by atoms with Crippen LogP contribution in [0.1, 0.15) is 82.2 Å². The number of aryl methyl sites for hydroxylation is 1. The maximum absolute atomic E-state index is 10.00. The third-order valence-corrected chi connectivity index (χ3v) is 4.28. The first-order chi connectivity index (χ1) is 11.2. The van der Waals surface area contributed by atoms with Crippen LogP contribution in [0.5, 0.6) is 0 Å². The molecule has 4 N–H and O–H groups in total. The van der Waals surface area contributed by atoms with Gasteiger partial charge in [0, 0.05) is 5.69 Å². The lowest BCUT2D eigenvalue weighted by atomic mass is 10.0. The van der Waals surface area contributed by atoms with Gasteiger partial charge in [0.25, 0.3) is 0 Å². The lowest BCUT2D eigenvalue weighted by Gasteiger charge is -2.16. The number of hydrogen-bond donors (Lipinski definition) is 3. The molecule has 1 aromatic rings. The van der Waals surface area contributed by atoms with Crippen molar-refractivity contribution < 1.29 is 10.2 Å². The molecule has 0 aliphatic heterocycles. The van der Waals surface area contributed by atoms with Crippen LogP contribution in [-0.4, -0.2) is 27.8 Å². The summed E-state index contributed by atoms with van der Waals surface area (Å²) in [5.74, 6) is 0. The second kappa shape index (κ2) is 12.5. The predicted molar refractivity (Wildman–Crippen MR) is 95.2 cm³/mol. The molecule has 0 aliphatic rings. The molecule has 132 valence electrons. The topological polar surface area (TPSA) is 79.4 Å². The van der Waals surface area contributed by atoms with Gasteiger partial charge >= 0.3 is 0 Å². The molecule has 1 aromatic heterocycles.